The molecule has 2 aliphatic rings. The third-order valence-electron chi connectivity index (χ3n) is 5.99. The van der Waals surface area contributed by atoms with Gasteiger partial charge in [0, 0.05) is 48.5 Å². The standard InChI is InChI=1S/C26H36ClNO16/c1-10(29)28-19-22(39-14(5)33)20(17(42-25(19)27)8-36-11(2)30)44-26-24(41-16(7)35)23(40-15(6)34)21(38-13(4)32)18(43-26)9-37-12(3)31/h17-26H,8-9H2,1-7H3,(H,28,29)/t17-,18-,19-,20-,21+,22-,23+,24-,25+,26+/m1/s1. The Morgan fingerprint density at radius 2 is 1.00 bits per heavy atom. The van der Waals surface area contributed by atoms with E-state index < -0.39 is 116 Å². The van der Waals surface area contributed by atoms with Crippen molar-refractivity contribution >= 4 is 53.3 Å². The van der Waals surface area contributed by atoms with E-state index in [0.717, 1.165) is 41.5 Å². The molecule has 0 aromatic heterocycles. The van der Waals surface area contributed by atoms with Crippen LogP contribution in [0.5, 0.6) is 0 Å². The van der Waals surface area contributed by atoms with E-state index in [0.29, 0.717) is 0 Å². The zero-order valence-corrected chi connectivity index (χ0v) is 25.9. The van der Waals surface area contributed by atoms with Crippen LogP contribution in [0.3, 0.4) is 0 Å². The molecule has 1 amide bonds. The van der Waals surface area contributed by atoms with E-state index in [-0.39, 0.29) is 0 Å². The molecule has 10 atom stereocenters. The number of amides is 1. The van der Waals surface area contributed by atoms with Gasteiger partial charge in [-0.25, -0.2) is 0 Å². The largest absolute Gasteiger partial charge is 0.463 e. The number of nitrogens with one attached hydrogen (secondary N) is 1. The van der Waals surface area contributed by atoms with Crippen LogP contribution in [-0.2, 0) is 76.2 Å². The average molecular weight is 654 g/mol. The van der Waals surface area contributed by atoms with Gasteiger partial charge >= 0.3 is 35.8 Å². The smallest absolute Gasteiger partial charge is 0.303 e. The number of carbonyl (C=O) groups is 7. The molecule has 0 radical (unpaired) electrons. The second-order valence-electron chi connectivity index (χ2n) is 9.80. The van der Waals surface area contributed by atoms with Gasteiger partial charge < -0.3 is 47.9 Å². The first-order valence-corrected chi connectivity index (χ1v) is 13.8. The summed E-state index contributed by atoms with van der Waals surface area (Å²) in [4.78, 5) is 83.8. The number of alkyl halides is 1. The molecule has 2 aliphatic heterocycles. The molecule has 2 heterocycles. The minimum atomic E-state index is -1.73. The molecule has 0 aromatic carbocycles. The van der Waals surface area contributed by atoms with E-state index >= 15 is 0 Å². The topological polar surface area (TPSA) is 215 Å². The maximum atomic E-state index is 12.2. The highest BCUT2D eigenvalue weighted by molar-refractivity contribution is 6.20. The van der Waals surface area contributed by atoms with E-state index in [1.54, 1.807) is 0 Å². The summed E-state index contributed by atoms with van der Waals surface area (Å²) in [6.07, 6.45) is -11.9. The van der Waals surface area contributed by atoms with Crippen molar-refractivity contribution in [2.24, 2.45) is 0 Å². The zero-order chi connectivity index (χ0) is 33.3. The van der Waals surface area contributed by atoms with E-state index in [9.17, 15) is 33.6 Å². The highest BCUT2D eigenvalue weighted by Gasteiger charge is 2.56. The highest BCUT2D eigenvalue weighted by atomic mass is 35.5. The molecule has 0 saturated carbocycles. The lowest BCUT2D eigenvalue weighted by Gasteiger charge is -2.48. The van der Waals surface area contributed by atoms with Crippen LogP contribution in [0.4, 0.5) is 0 Å². The summed E-state index contributed by atoms with van der Waals surface area (Å²) in [5.41, 5.74) is -1.32. The van der Waals surface area contributed by atoms with Crippen molar-refractivity contribution in [2.75, 3.05) is 13.2 Å². The molecule has 0 unspecified atom stereocenters. The Bertz CT molecular complexity index is 1100. The fourth-order valence-corrected chi connectivity index (χ4v) is 4.90. The van der Waals surface area contributed by atoms with Crippen LogP contribution in [-0.4, -0.2) is 116 Å². The number of rotatable bonds is 11. The van der Waals surface area contributed by atoms with Crippen LogP contribution in [0, 0.1) is 0 Å². The van der Waals surface area contributed by atoms with Crippen molar-refractivity contribution < 1.29 is 76.2 Å². The summed E-state index contributed by atoms with van der Waals surface area (Å²) < 4.78 is 49.7. The van der Waals surface area contributed by atoms with Gasteiger partial charge in [0.15, 0.2) is 36.3 Å². The molecule has 2 rings (SSSR count). The Morgan fingerprint density at radius 3 is 1.45 bits per heavy atom. The molecule has 0 bridgehead atoms. The monoisotopic (exact) mass is 653 g/mol. The molecule has 17 nitrogen and oxygen atoms in total. The van der Waals surface area contributed by atoms with E-state index in [1.807, 2.05) is 0 Å². The first-order chi connectivity index (χ1) is 20.5. The van der Waals surface area contributed by atoms with Crippen LogP contribution in [0.15, 0.2) is 0 Å². The molecule has 2 saturated heterocycles. The lowest BCUT2D eigenvalue weighted by atomic mass is 9.95. The van der Waals surface area contributed by atoms with Gasteiger partial charge in [0.25, 0.3) is 0 Å². The summed E-state index contributed by atoms with van der Waals surface area (Å²) in [5, 5.41) is 2.52. The SMILES string of the molecule is CC(=O)N[C@@H]1[C@@H](OC(C)=O)[C@H](O[C@@H]2O[C@H](COC(C)=O)[C@H](OC(C)=O)[C@H](OC(C)=O)[C@H]2OC(C)=O)[C@@H](COC(C)=O)O[C@@H]1Cl. The van der Waals surface area contributed by atoms with E-state index in [4.69, 9.17) is 54.2 Å². The van der Waals surface area contributed by atoms with Gasteiger partial charge in [-0.2, -0.15) is 0 Å². The predicted molar refractivity (Wildman–Crippen MR) is 141 cm³/mol. The predicted octanol–water partition coefficient (Wildman–Crippen LogP) is -0.582. The van der Waals surface area contributed by atoms with Crippen molar-refractivity contribution in [2.45, 2.75) is 109 Å². The Labute approximate surface area is 257 Å². The fraction of sp³-hybridized carbons (Fsp3) is 0.731. The van der Waals surface area contributed by atoms with Crippen LogP contribution in [0.2, 0.25) is 0 Å². The fourth-order valence-electron chi connectivity index (χ4n) is 4.56. The molecule has 18 heteroatoms. The van der Waals surface area contributed by atoms with Crippen molar-refractivity contribution in [3.05, 3.63) is 0 Å². The summed E-state index contributed by atoms with van der Waals surface area (Å²) in [6.45, 7) is 6.60. The van der Waals surface area contributed by atoms with Crippen molar-refractivity contribution in [3.8, 4) is 0 Å². The maximum absolute atomic E-state index is 12.2. The average Bonchev–Trinajstić information content (AvgIpc) is 2.87. The number of esters is 6. The lowest BCUT2D eigenvalue weighted by molar-refractivity contribution is -0.337. The van der Waals surface area contributed by atoms with Gasteiger partial charge in [0.2, 0.25) is 5.91 Å². The van der Waals surface area contributed by atoms with Crippen molar-refractivity contribution in [1.82, 2.24) is 5.32 Å². The molecular formula is C26H36ClNO16. The van der Waals surface area contributed by atoms with Crippen molar-refractivity contribution in [1.29, 1.82) is 0 Å². The molecule has 0 spiro atoms. The number of halogens is 1. The minimum absolute atomic E-state index is 0.487. The number of hydrogen-bond acceptors (Lipinski definition) is 16. The first kappa shape index (κ1) is 36.7. The van der Waals surface area contributed by atoms with Crippen molar-refractivity contribution in [3.63, 3.8) is 0 Å². The number of carbonyl (C=O) groups excluding carboxylic acids is 7. The molecular weight excluding hydrogens is 618 g/mol. The van der Waals surface area contributed by atoms with Gasteiger partial charge in [-0.3, -0.25) is 33.6 Å². The normalized spacial score (nSPS) is 31.5. The second-order valence-corrected chi connectivity index (χ2v) is 10.2. The zero-order valence-electron chi connectivity index (χ0n) is 25.1. The quantitative estimate of drug-likeness (QED) is 0.168. The second kappa shape index (κ2) is 16.5. The molecule has 248 valence electrons. The minimum Gasteiger partial charge on any atom is -0.463 e. The number of ether oxygens (including phenoxy) is 9. The Kier molecular flexibility index (Phi) is 13.8. The molecule has 2 fully saturated rings. The molecule has 1 N–H and O–H groups in total. The van der Waals surface area contributed by atoms with Crippen LogP contribution >= 0.6 is 11.6 Å². The third kappa shape index (κ3) is 10.9. The number of hydrogen-bond donors (Lipinski definition) is 1. The van der Waals surface area contributed by atoms with Crippen LogP contribution in [0.1, 0.15) is 48.5 Å². The third-order valence-corrected chi connectivity index (χ3v) is 6.37. The summed E-state index contributed by atoms with van der Waals surface area (Å²) in [6, 6.07) is -1.22. The molecule has 44 heavy (non-hydrogen) atoms. The van der Waals surface area contributed by atoms with Crippen LogP contribution in [0.25, 0.3) is 0 Å². The summed E-state index contributed by atoms with van der Waals surface area (Å²) >= 11 is 6.38. The summed E-state index contributed by atoms with van der Waals surface area (Å²) in [7, 11) is 0. The Hall–Kier alpha value is -3.54. The van der Waals surface area contributed by atoms with Gasteiger partial charge in [-0.15, -0.1) is 0 Å². The summed E-state index contributed by atoms with van der Waals surface area (Å²) in [5.74, 6) is -5.45. The van der Waals surface area contributed by atoms with E-state index in [1.165, 1.54) is 6.92 Å². The van der Waals surface area contributed by atoms with E-state index in [2.05, 4.69) is 5.32 Å². The van der Waals surface area contributed by atoms with Gasteiger partial charge in [-0.1, -0.05) is 11.6 Å². The molecule has 0 aliphatic carbocycles. The van der Waals surface area contributed by atoms with Gasteiger partial charge in [0.05, 0.1) is 0 Å². The van der Waals surface area contributed by atoms with Crippen LogP contribution < -0.4 is 5.32 Å². The Morgan fingerprint density at radius 1 is 0.568 bits per heavy atom. The lowest BCUT2D eigenvalue weighted by Crippen LogP contribution is -2.68. The molecule has 0 aromatic rings. The maximum Gasteiger partial charge on any atom is 0.303 e. The Balaban J connectivity index is 2.66. The van der Waals surface area contributed by atoms with Gasteiger partial charge in [-0.05, 0) is 0 Å². The van der Waals surface area contributed by atoms with Gasteiger partial charge in [0.1, 0.15) is 37.6 Å². The highest BCUT2D eigenvalue weighted by Crippen LogP contribution is 2.35. The first-order valence-electron chi connectivity index (χ1n) is 13.3.